The van der Waals surface area contributed by atoms with Gasteiger partial charge < -0.3 is 14.6 Å². The summed E-state index contributed by atoms with van der Waals surface area (Å²) in [7, 11) is 2.02. The zero-order chi connectivity index (χ0) is 25.8. The summed E-state index contributed by atoms with van der Waals surface area (Å²) < 4.78 is 2.13. The van der Waals surface area contributed by atoms with Crippen LogP contribution in [0, 0.1) is 11.3 Å². The second kappa shape index (κ2) is 10.4. The van der Waals surface area contributed by atoms with E-state index in [1.807, 2.05) is 55.6 Å². The third kappa shape index (κ3) is 4.94. The molecule has 0 saturated carbocycles. The lowest BCUT2D eigenvalue weighted by molar-refractivity contribution is -0.132. The van der Waals surface area contributed by atoms with Crippen molar-refractivity contribution in [2.24, 2.45) is 7.05 Å². The summed E-state index contributed by atoms with van der Waals surface area (Å²) in [6.45, 7) is 0. The zero-order valence-corrected chi connectivity index (χ0v) is 20.9. The molecule has 0 fully saturated rings. The number of carboxylic acid groups (broad SMARTS) is 1. The van der Waals surface area contributed by atoms with Crippen molar-refractivity contribution >= 4 is 40.4 Å². The van der Waals surface area contributed by atoms with Gasteiger partial charge in [0.05, 0.1) is 10.6 Å². The Hall–Kier alpha value is -4.86. The van der Waals surface area contributed by atoms with E-state index in [1.165, 1.54) is 17.4 Å². The van der Waals surface area contributed by atoms with Crippen molar-refractivity contribution in [2.75, 3.05) is 4.90 Å². The average Bonchev–Trinajstić information content (AvgIpc) is 3.55. The molecule has 5 nitrogen and oxygen atoms in total. The topological polar surface area (TPSA) is 69.3 Å². The molecule has 0 radical (unpaired) electrons. The average molecular weight is 502 g/mol. The molecule has 2 heterocycles. The molecule has 0 unspecified atom stereocenters. The van der Waals surface area contributed by atoms with Crippen LogP contribution in [0.1, 0.15) is 4.88 Å². The third-order valence-electron chi connectivity index (χ3n) is 6.09. The van der Waals surface area contributed by atoms with Crippen molar-refractivity contribution in [3.8, 4) is 27.9 Å². The van der Waals surface area contributed by atoms with Crippen molar-refractivity contribution in [2.45, 2.75) is 0 Å². The Morgan fingerprint density at radius 3 is 1.95 bits per heavy atom. The van der Waals surface area contributed by atoms with Gasteiger partial charge in [-0.15, -0.1) is 11.3 Å². The van der Waals surface area contributed by atoms with E-state index in [9.17, 15) is 4.79 Å². The quantitative estimate of drug-likeness (QED) is 0.182. The first-order valence-corrected chi connectivity index (χ1v) is 12.5. The number of nitrogens with zero attached hydrogens (tertiary/aromatic N) is 3. The molecule has 0 atom stereocenters. The SMILES string of the molecule is Cn1c(-c2ccc(N(c3ccccc3)c3ccccc3)cc2)ccc1-c1ccc(C=C(C#N)C(=O)O)s1. The number of nitriles is 1. The maximum Gasteiger partial charge on any atom is 0.346 e. The largest absolute Gasteiger partial charge is 0.477 e. The van der Waals surface area contributed by atoms with E-state index >= 15 is 0 Å². The molecule has 0 spiro atoms. The maximum absolute atomic E-state index is 11.2. The van der Waals surface area contributed by atoms with Crippen LogP contribution in [0.3, 0.4) is 0 Å². The fraction of sp³-hybridized carbons (Fsp3) is 0.0323. The minimum atomic E-state index is -1.22. The highest BCUT2D eigenvalue weighted by Gasteiger charge is 2.15. The molecule has 6 heteroatoms. The second-order valence-electron chi connectivity index (χ2n) is 8.39. The first kappa shape index (κ1) is 23.9. The van der Waals surface area contributed by atoms with E-state index in [1.54, 1.807) is 6.07 Å². The van der Waals surface area contributed by atoms with Crippen LogP contribution in [-0.2, 0) is 11.8 Å². The summed E-state index contributed by atoms with van der Waals surface area (Å²) in [5.41, 5.74) is 6.15. The minimum Gasteiger partial charge on any atom is -0.477 e. The van der Waals surface area contributed by atoms with Crippen molar-refractivity contribution < 1.29 is 9.90 Å². The van der Waals surface area contributed by atoms with Crippen LogP contribution in [0.5, 0.6) is 0 Å². The van der Waals surface area contributed by atoms with Crippen LogP contribution in [-0.4, -0.2) is 15.6 Å². The van der Waals surface area contributed by atoms with Gasteiger partial charge in [0, 0.05) is 34.7 Å². The van der Waals surface area contributed by atoms with Gasteiger partial charge >= 0.3 is 5.97 Å². The lowest BCUT2D eigenvalue weighted by atomic mass is 10.1. The second-order valence-corrected chi connectivity index (χ2v) is 9.51. The van der Waals surface area contributed by atoms with Gasteiger partial charge in [0.25, 0.3) is 0 Å². The Balaban J connectivity index is 1.45. The maximum atomic E-state index is 11.2. The summed E-state index contributed by atoms with van der Waals surface area (Å²) in [6, 6.07) is 38.8. The smallest absolute Gasteiger partial charge is 0.346 e. The number of rotatable bonds is 7. The van der Waals surface area contributed by atoms with Crippen LogP contribution >= 0.6 is 11.3 Å². The lowest BCUT2D eigenvalue weighted by Gasteiger charge is -2.25. The van der Waals surface area contributed by atoms with Gasteiger partial charge in [-0.05, 0) is 72.3 Å². The standard InChI is InChI=1S/C31H23N3O2S/c1-33-28(17-18-29(33)30-19-16-27(37-30)20-23(21-32)31(35)36)22-12-14-26(15-13-22)34(24-8-4-2-5-9-24)25-10-6-3-7-11-25/h2-20H,1H3,(H,35,36). The molecule has 0 aliphatic carbocycles. The van der Waals surface area contributed by atoms with Gasteiger partial charge in [-0.2, -0.15) is 5.26 Å². The number of anilines is 3. The molecule has 0 aliphatic heterocycles. The van der Waals surface area contributed by atoms with Gasteiger partial charge in [0.1, 0.15) is 11.6 Å². The van der Waals surface area contributed by atoms with Crippen molar-refractivity contribution in [1.82, 2.24) is 4.57 Å². The van der Waals surface area contributed by atoms with Gasteiger partial charge in [0.15, 0.2) is 0 Å². The highest BCUT2D eigenvalue weighted by atomic mass is 32.1. The van der Waals surface area contributed by atoms with E-state index in [4.69, 9.17) is 10.4 Å². The van der Waals surface area contributed by atoms with Crippen molar-refractivity contribution in [3.05, 3.63) is 120 Å². The number of aliphatic carboxylic acids is 1. The molecule has 180 valence electrons. The summed E-state index contributed by atoms with van der Waals surface area (Å²) >= 11 is 1.45. The molecule has 0 saturated heterocycles. The molecule has 37 heavy (non-hydrogen) atoms. The normalized spacial score (nSPS) is 11.2. The highest BCUT2D eigenvalue weighted by molar-refractivity contribution is 7.16. The van der Waals surface area contributed by atoms with Gasteiger partial charge in [-0.3, -0.25) is 0 Å². The number of thiophene rings is 1. The molecule has 5 aromatic rings. The van der Waals surface area contributed by atoms with Gasteiger partial charge in [-0.25, -0.2) is 4.79 Å². The Bertz CT molecular complexity index is 1570. The molecule has 5 rings (SSSR count). The number of para-hydroxylation sites is 2. The Morgan fingerprint density at radius 2 is 1.38 bits per heavy atom. The predicted molar refractivity (Wildman–Crippen MR) is 150 cm³/mol. The van der Waals surface area contributed by atoms with Crippen molar-refractivity contribution in [3.63, 3.8) is 0 Å². The predicted octanol–water partition coefficient (Wildman–Crippen LogP) is 7.88. The summed E-state index contributed by atoms with van der Waals surface area (Å²) in [4.78, 5) is 15.1. The van der Waals surface area contributed by atoms with Crippen molar-refractivity contribution in [1.29, 1.82) is 5.26 Å². The fourth-order valence-corrected chi connectivity index (χ4v) is 5.30. The molecular formula is C31H23N3O2S. The first-order valence-electron chi connectivity index (χ1n) is 11.7. The Morgan fingerprint density at radius 1 is 0.811 bits per heavy atom. The molecule has 0 aliphatic rings. The number of aromatic nitrogens is 1. The highest BCUT2D eigenvalue weighted by Crippen LogP contribution is 2.37. The monoisotopic (exact) mass is 501 g/mol. The summed E-state index contributed by atoms with van der Waals surface area (Å²) in [5.74, 6) is -1.22. The Labute approximate surface area is 219 Å². The van der Waals surface area contributed by atoms with Crippen LogP contribution in [0.15, 0.2) is 115 Å². The van der Waals surface area contributed by atoms with E-state index in [-0.39, 0.29) is 5.57 Å². The van der Waals surface area contributed by atoms with Crippen LogP contribution < -0.4 is 4.90 Å². The van der Waals surface area contributed by atoms with E-state index in [0.29, 0.717) is 0 Å². The van der Waals surface area contributed by atoms with Gasteiger partial charge in [-0.1, -0.05) is 48.5 Å². The number of hydrogen-bond donors (Lipinski definition) is 1. The van der Waals surface area contributed by atoms with Crippen LogP contribution in [0.25, 0.3) is 27.9 Å². The van der Waals surface area contributed by atoms with Crippen LogP contribution in [0.4, 0.5) is 17.1 Å². The zero-order valence-electron chi connectivity index (χ0n) is 20.1. The Kier molecular flexibility index (Phi) is 6.71. The third-order valence-corrected chi connectivity index (χ3v) is 7.14. The van der Waals surface area contributed by atoms with Crippen LogP contribution in [0.2, 0.25) is 0 Å². The molecule has 0 bridgehead atoms. The van der Waals surface area contributed by atoms with E-state index < -0.39 is 5.97 Å². The minimum absolute atomic E-state index is 0.277. The molecule has 0 amide bonds. The lowest BCUT2D eigenvalue weighted by Crippen LogP contribution is -2.09. The fourth-order valence-electron chi connectivity index (χ4n) is 4.28. The number of benzene rings is 3. The molecular weight excluding hydrogens is 478 g/mol. The molecule has 3 aromatic carbocycles. The van der Waals surface area contributed by atoms with E-state index in [2.05, 4.69) is 70.1 Å². The number of hydrogen-bond acceptors (Lipinski definition) is 4. The number of carbonyl (C=O) groups is 1. The van der Waals surface area contributed by atoms with E-state index in [0.717, 1.165) is 43.8 Å². The van der Waals surface area contributed by atoms with Gasteiger partial charge in [0.2, 0.25) is 0 Å². The summed E-state index contributed by atoms with van der Waals surface area (Å²) in [6.07, 6.45) is 1.41. The first-order chi connectivity index (χ1) is 18.0. The summed E-state index contributed by atoms with van der Waals surface area (Å²) in [5, 5.41) is 18.2. The number of carboxylic acids is 1. The molecule has 1 N–H and O–H groups in total. The molecule has 2 aromatic heterocycles.